The summed E-state index contributed by atoms with van der Waals surface area (Å²) >= 11 is 0. The Labute approximate surface area is 107 Å². The maximum atomic E-state index is 9.75. The lowest BCUT2D eigenvalue weighted by molar-refractivity contribution is 0.368. The third kappa shape index (κ3) is 5.68. The van der Waals surface area contributed by atoms with Gasteiger partial charge in [0.15, 0.2) is 4.98 Å². The lowest BCUT2D eigenvalue weighted by Crippen LogP contribution is -2.02. The van der Waals surface area contributed by atoms with Crippen LogP contribution in [0.25, 0.3) is 16.1 Å². The first-order valence-electron chi connectivity index (χ1n) is 5.28. The van der Waals surface area contributed by atoms with Gasteiger partial charge in [-0.25, -0.2) is 0 Å². The smallest absolute Gasteiger partial charge is 0.418 e. The molecule has 0 spiro atoms. The van der Waals surface area contributed by atoms with Gasteiger partial charge < -0.3 is 17.3 Å². The molecule has 0 aliphatic heterocycles. The average Bonchev–Trinajstić information content (AvgIpc) is 2.38. The Morgan fingerprint density at radius 2 is 1.26 bits per heavy atom. The van der Waals surface area contributed by atoms with E-state index in [1.54, 1.807) is 6.07 Å². The summed E-state index contributed by atoms with van der Waals surface area (Å²) in [6, 6.07) is 17.4. The van der Waals surface area contributed by atoms with Crippen LogP contribution in [0.5, 0.6) is 0 Å². The first-order valence-corrected chi connectivity index (χ1v) is 5.28. The van der Waals surface area contributed by atoms with Gasteiger partial charge >= 0.3 is 12.9 Å². The second-order valence-electron chi connectivity index (χ2n) is 3.48. The fourth-order valence-corrected chi connectivity index (χ4v) is 1.42. The van der Waals surface area contributed by atoms with Crippen molar-refractivity contribution in [1.29, 1.82) is 5.39 Å². The highest BCUT2D eigenvalue weighted by Gasteiger charge is 2.20. The van der Waals surface area contributed by atoms with E-state index in [1.807, 2.05) is 48.5 Å². The molecule has 0 saturated carbocycles. The molecule has 0 amide bonds. The molecule has 0 atom stereocenters. The van der Waals surface area contributed by atoms with Crippen LogP contribution in [-0.2, 0) is 0 Å². The number of rotatable bonds is 1. The van der Waals surface area contributed by atoms with E-state index in [1.165, 1.54) is 0 Å². The van der Waals surface area contributed by atoms with E-state index < -0.39 is 7.25 Å². The van der Waals surface area contributed by atoms with E-state index in [2.05, 4.69) is 4.98 Å². The summed E-state index contributed by atoms with van der Waals surface area (Å²) in [7, 11) is -6.00. The topological polar surface area (TPSA) is 28.1 Å². The Balaban J connectivity index is 0.000000312. The van der Waals surface area contributed by atoms with E-state index in [0.717, 1.165) is 11.1 Å². The molecule has 2 rings (SSSR count). The van der Waals surface area contributed by atoms with E-state index in [0.29, 0.717) is 5.69 Å². The fourth-order valence-electron chi connectivity index (χ4n) is 1.42. The van der Waals surface area contributed by atoms with Gasteiger partial charge in [-0.1, -0.05) is 42.5 Å². The van der Waals surface area contributed by atoms with Crippen LogP contribution in [-0.4, -0.2) is 7.25 Å². The predicted molar refractivity (Wildman–Crippen MR) is 66.8 cm³/mol. The minimum Gasteiger partial charge on any atom is -0.418 e. The van der Waals surface area contributed by atoms with Crippen molar-refractivity contribution in [2.24, 2.45) is 0 Å². The molecule has 7 heteroatoms. The SMILES string of the molecule is F[B-](F)(F)F.N#[N+]c1ccccc1-c1ccccc1. The standard InChI is InChI=1S/C12H9N2.BF4/c13-14-12-9-5-4-8-11(12)10-6-2-1-3-7-10;2-1(3,4)5/h1-9H;/q+1;-1. The summed E-state index contributed by atoms with van der Waals surface area (Å²) in [5, 5.41) is 8.80. The van der Waals surface area contributed by atoms with Crippen molar-refractivity contribution in [3.05, 3.63) is 59.6 Å². The number of diazo groups is 1. The van der Waals surface area contributed by atoms with Gasteiger partial charge in [0.25, 0.3) is 0 Å². The maximum absolute atomic E-state index is 9.75. The van der Waals surface area contributed by atoms with Crippen LogP contribution in [0.3, 0.4) is 0 Å². The first-order chi connectivity index (χ1) is 8.92. The van der Waals surface area contributed by atoms with Crippen molar-refractivity contribution in [3.8, 4) is 11.1 Å². The molecule has 2 aromatic carbocycles. The van der Waals surface area contributed by atoms with Crippen LogP contribution in [0.2, 0.25) is 0 Å². The number of benzene rings is 2. The first kappa shape index (κ1) is 14.7. The highest BCUT2D eigenvalue weighted by Crippen LogP contribution is 2.29. The predicted octanol–water partition coefficient (Wildman–Crippen LogP) is 5.14. The van der Waals surface area contributed by atoms with Crippen molar-refractivity contribution >= 4 is 12.9 Å². The number of halogens is 4. The molecule has 19 heavy (non-hydrogen) atoms. The van der Waals surface area contributed by atoms with Gasteiger partial charge in [0, 0.05) is 6.07 Å². The van der Waals surface area contributed by atoms with E-state index in [4.69, 9.17) is 5.39 Å². The zero-order valence-corrected chi connectivity index (χ0v) is 9.68. The number of hydrogen-bond donors (Lipinski definition) is 0. The molecule has 0 aliphatic rings. The van der Waals surface area contributed by atoms with E-state index in [9.17, 15) is 17.3 Å². The van der Waals surface area contributed by atoms with E-state index >= 15 is 0 Å². The molecule has 0 heterocycles. The maximum Gasteiger partial charge on any atom is 0.673 e. The molecule has 0 saturated heterocycles. The lowest BCUT2D eigenvalue weighted by Gasteiger charge is -1.96. The molecule has 0 unspecified atom stereocenters. The third-order valence-electron chi connectivity index (χ3n) is 2.10. The number of nitrogens with zero attached hydrogens (tertiary/aromatic N) is 2. The van der Waals surface area contributed by atoms with Gasteiger partial charge in [-0.2, -0.15) is 0 Å². The molecule has 2 aromatic rings. The Kier molecular flexibility index (Phi) is 5.06. The molecule has 0 radical (unpaired) electrons. The Bertz CT molecular complexity index is 558. The highest BCUT2D eigenvalue weighted by atomic mass is 19.5. The lowest BCUT2D eigenvalue weighted by atomic mass is 10.0. The van der Waals surface area contributed by atoms with Gasteiger partial charge in [-0.3, -0.25) is 0 Å². The monoisotopic (exact) mass is 268 g/mol. The Morgan fingerprint density at radius 3 is 1.79 bits per heavy atom. The zero-order valence-electron chi connectivity index (χ0n) is 9.68. The molecule has 0 aliphatic carbocycles. The van der Waals surface area contributed by atoms with Crippen molar-refractivity contribution in [2.75, 3.05) is 0 Å². The van der Waals surface area contributed by atoms with Crippen molar-refractivity contribution in [2.45, 2.75) is 0 Å². The zero-order chi connectivity index (χ0) is 14.3. The summed E-state index contributed by atoms with van der Waals surface area (Å²) in [4.78, 5) is 3.25. The van der Waals surface area contributed by atoms with Gasteiger partial charge in [0.2, 0.25) is 5.39 Å². The Morgan fingerprint density at radius 1 is 0.789 bits per heavy atom. The average molecular weight is 268 g/mol. The Hall–Kier alpha value is -2.36. The second kappa shape index (κ2) is 6.54. The van der Waals surface area contributed by atoms with Crippen LogP contribution in [0, 0.1) is 5.39 Å². The van der Waals surface area contributed by atoms with Gasteiger partial charge in [-0.15, -0.1) is 0 Å². The van der Waals surface area contributed by atoms with Gasteiger partial charge in [0.05, 0.1) is 5.56 Å². The van der Waals surface area contributed by atoms with Crippen LogP contribution in [0.1, 0.15) is 0 Å². The summed E-state index contributed by atoms with van der Waals surface area (Å²) < 4.78 is 39.0. The third-order valence-corrected chi connectivity index (χ3v) is 2.10. The quantitative estimate of drug-likeness (QED) is 0.400. The highest BCUT2D eigenvalue weighted by molar-refractivity contribution is 6.50. The summed E-state index contributed by atoms with van der Waals surface area (Å²) in [6.45, 7) is 0. The molecule has 2 nitrogen and oxygen atoms in total. The molecule has 0 N–H and O–H groups in total. The van der Waals surface area contributed by atoms with Gasteiger partial charge in [-0.05, 0) is 11.6 Å². The summed E-state index contributed by atoms with van der Waals surface area (Å²) in [5.74, 6) is 0. The largest absolute Gasteiger partial charge is 0.673 e. The molecule has 98 valence electrons. The second-order valence-corrected chi connectivity index (χ2v) is 3.48. The minimum absolute atomic E-state index is 0.596. The molecular weight excluding hydrogens is 259 g/mol. The van der Waals surface area contributed by atoms with Crippen LogP contribution >= 0.6 is 0 Å². The minimum atomic E-state index is -6.00. The molecule has 0 aromatic heterocycles. The molecular formula is C12H9BF4N2. The van der Waals surface area contributed by atoms with Crippen molar-refractivity contribution in [3.63, 3.8) is 0 Å². The van der Waals surface area contributed by atoms with Crippen molar-refractivity contribution in [1.82, 2.24) is 0 Å². The fraction of sp³-hybridized carbons (Fsp3) is 0. The van der Waals surface area contributed by atoms with E-state index in [-0.39, 0.29) is 0 Å². The summed E-state index contributed by atoms with van der Waals surface area (Å²) in [6.07, 6.45) is 0. The van der Waals surface area contributed by atoms with Crippen LogP contribution < -0.4 is 0 Å². The summed E-state index contributed by atoms with van der Waals surface area (Å²) in [5.41, 5.74) is 2.59. The molecule has 0 fully saturated rings. The van der Waals surface area contributed by atoms with Crippen LogP contribution in [0.4, 0.5) is 23.0 Å². The normalized spacial score (nSPS) is 10.1. The van der Waals surface area contributed by atoms with Crippen LogP contribution in [0.15, 0.2) is 54.6 Å². The molecule has 0 bridgehead atoms. The van der Waals surface area contributed by atoms with Crippen molar-refractivity contribution < 1.29 is 17.3 Å². The van der Waals surface area contributed by atoms with Gasteiger partial charge in [0.1, 0.15) is 0 Å². The number of hydrogen-bond acceptors (Lipinski definition) is 1.